The summed E-state index contributed by atoms with van der Waals surface area (Å²) >= 11 is 6.37. The lowest BCUT2D eigenvalue weighted by molar-refractivity contribution is 0.0438. The summed E-state index contributed by atoms with van der Waals surface area (Å²) in [5.74, 6) is 1.46. The van der Waals surface area contributed by atoms with Gasteiger partial charge in [-0.15, -0.1) is 0 Å². The molecule has 4 heterocycles. The lowest BCUT2D eigenvalue weighted by atomic mass is 9.89. The fraction of sp³-hybridized carbons (Fsp3) is 0.562. The molecule has 3 aliphatic heterocycles. The molecule has 1 saturated heterocycles. The molecule has 3 aliphatic rings. The SMILES string of the molecule is COC1=C(OC)C2OC1c1c([C@@H]3CCCN3C)cnc(Cl)c12. The number of pyridine rings is 1. The standard InChI is InChI=1S/C16H19ClN2O3/c1-19-6-4-5-9(19)8-7-18-16(17)11-10(8)12-14(20-2)15(21-3)13(11)22-12/h7,9,12-13H,4-6H2,1-3H3/t9-,12?,13?/m0/s1. The summed E-state index contributed by atoms with van der Waals surface area (Å²) in [5, 5.41) is 0.497. The number of hydrogen-bond donors (Lipinski definition) is 0. The van der Waals surface area contributed by atoms with Crippen molar-refractivity contribution >= 4 is 11.6 Å². The maximum absolute atomic E-state index is 6.37. The number of nitrogens with zero attached hydrogens (tertiary/aromatic N) is 2. The average Bonchev–Trinajstić information content (AvgIpc) is 3.20. The molecule has 3 atom stereocenters. The summed E-state index contributed by atoms with van der Waals surface area (Å²) in [6.07, 6.45) is 3.70. The van der Waals surface area contributed by atoms with Gasteiger partial charge in [-0.2, -0.15) is 0 Å². The Morgan fingerprint density at radius 3 is 2.50 bits per heavy atom. The number of methoxy groups -OCH3 is 2. The zero-order chi connectivity index (χ0) is 15.4. The number of fused-ring (bicyclic) bond motifs is 5. The summed E-state index contributed by atoms with van der Waals surface area (Å²) in [4.78, 5) is 6.77. The van der Waals surface area contributed by atoms with Gasteiger partial charge in [0.2, 0.25) is 0 Å². The lowest BCUT2D eigenvalue weighted by Gasteiger charge is -2.26. The predicted molar refractivity (Wildman–Crippen MR) is 81.5 cm³/mol. The number of ether oxygens (including phenoxy) is 3. The van der Waals surface area contributed by atoms with Crippen molar-refractivity contribution in [3.8, 4) is 0 Å². The van der Waals surface area contributed by atoms with E-state index < -0.39 is 0 Å². The maximum atomic E-state index is 6.37. The molecule has 1 aromatic rings. The van der Waals surface area contributed by atoms with Crippen LogP contribution in [0.2, 0.25) is 5.15 Å². The highest BCUT2D eigenvalue weighted by Gasteiger charge is 2.50. The molecule has 2 unspecified atom stereocenters. The molecule has 118 valence electrons. The number of aromatic nitrogens is 1. The molecular formula is C16H19ClN2O3. The number of likely N-dealkylation sites (tertiary alicyclic amines) is 1. The van der Waals surface area contributed by atoms with Gasteiger partial charge in [0.05, 0.1) is 14.2 Å². The Morgan fingerprint density at radius 2 is 1.91 bits per heavy atom. The van der Waals surface area contributed by atoms with E-state index >= 15 is 0 Å². The first-order chi connectivity index (χ1) is 10.7. The van der Waals surface area contributed by atoms with Gasteiger partial charge in [-0.1, -0.05) is 11.6 Å². The van der Waals surface area contributed by atoms with E-state index in [4.69, 9.17) is 25.8 Å². The fourth-order valence-corrected chi connectivity index (χ4v) is 4.22. The molecule has 0 spiro atoms. The second kappa shape index (κ2) is 5.11. The number of rotatable bonds is 3. The molecule has 1 fully saturated rings. The summed E-state index contributed by atoms with van der Waals surface area (Å²) in [5.41, 5.74) is 3.28. The third-order valence-electron chi connectivity index (χ3n) is 4.98. The fourth-order valence-electron chi connectivity index (χ4n) is 3.97. The minimum Gasteiger partial charge on any atom is -0.494 e. The lowest BCUT2D eigenvalue weighted by Crippen LogP contribution is -2.21. The van der Waals surface area contributed by atoms with Gasteiger partial charge in [-0.3, -0.25) is 4.90 Å². The van der Waals surface area contributed by atoms with Crippen LogP contribution in [0.4, 0.5) is 0 Å². The van der Waals surface area contributed by atoms with E-state index in [-0.39, 0.29) is 12.2 Å². The molecule has 22 heavy (non-hydrogen) atoms. The van der Waals surface area contributed by atoms with Crippen molar-refractivity contribution in [1.82, 2.24) is 9.88 Å². The molecule has 0 saturated carbocycles. The highest BCUT2D eigenvalue weighted by Crippen LogP contribution is 2.58. The van der Waals surface area contributed by atoms with E-state index in [2.05, 4.69) is 16.9 Å². The molecule has 0 amide bonds. The average molecular weight is 323 g/mol. The summed E-state index contributed by atoms with van der Waals surface area (Å²) in [6.45, 7) is 1.10. The Bertz CT molecular complexity index is 661. The third kappa shape index (κ3) is 1.76. The van der Waals surface area contributed by atoms with Crippen LogP contribution in [0.1, 0.15) is 47.8 Å². The van der Waals surface area contributed by atoms with Crippen LogP contribution >= 0.6 is 11.6 Å². The van der Waals surface area contributed by atoms with E-state index in [1.807, 2.05) is 6.20 Å². The molecule has 2 bridgehead atoms. The first kappa shape index (κ1) is 14.3. The van der Waals surface area contributed by atoms with Gasteiger partial charge in [0.15, 0.2) is 11.5 Å². The van der Waals surface area contributed by atoms with Crippen LogP contribution in [0.15, 0.2) is 17.7 Å². The van der Waals surface area contributed by atoms with Gasteiger partial charge in [-0.05, 0) is 32.0 Å². The van der Waals surface area contributed by atoms with Gasteiger partial charge in [0, 0.05) is 23.4 Å². The van der Waals surface area contributed by atoms with Gasteiger partial charge in [0.1, 0.15) is 17.4 Å². The van der Waals surface area contributed by atoms with Crippen LogP contribution < -0.4 is 0 Å². The van der Waals surface area contributed by atoms with E-state index in [9.17, 15) is 0 Å². The van der Waals surface area contributed by atoms with Crippen LogP contribution in [-0.2, 0) is 14.2 Å². The monoisotopic (exact) mass is 322 g/mol. The zero-order valence-electron chi connectivity index (χ0n) is 12.9. The predicted octanol–water partition coefficient (Wildman–Crippen LogP) is 3.13. The van der Waals surface area contributed by atoms with E-state index in [0.717, 1.165) is 29.9 Å². The summed E-state index contributed by atoms with van der Waals surface area (Å²) < 4.78 is 17.1. The van der Waals surface area contributed by atoms with Crippen molar-refractivity contribution < 1.29 is 14.2 Å². The minimum atomic E-state index is -0.299. The second-order valence-corrected chi connectivity index (χ2v) is 6.36. The second-order valence-electron chi connectivity index (χ2n) is 6.00. The normalized spacial score (nSPS) is 30.1. The smallest absolute Gasteiger partial charge is 0.170 e. The van der Waals surface area contributed by atoms with Crippen LogP contribution in [0, 0.1) is 0 Å². The van der Waals surface area contributed by atoms with Crippen molar-refractivity contribution in [3.63, 3.8) is 0 Å². The Balaban J connectivity index is 1.87. The highest BCUT2D eigenvalue weighted by molar-refractivity contribution is 6.30. The molecule has 0 aromatic carbocycles. The van der Waals surface area contributed by atoms with Crippen LogP contribution in [0.25, 0.3) is 0 Å². The van der Waals surface area contributed by atoms with Gasteiger partial charge < -0.3 is 14.2 Å². The Kier molecular flexibility index (Phi) is 3.33. The summed E-state index contributed by atoms with van der Waals surface area (Å²) in [7, 11) is 5.44. The largest absolute Gasteiger partial charge is 0.494 e. The molecule has 1 aromatic heterocycles. The van der Waals surface area contributed by atoms with Crippen LogP contribution in [0.5, 0.6) is 0 Å². The van der Waals surface area contributed by atoms with Crippen LogP contribution in [0.3, 0.4) is 0 Å². The first-order valence-electron chi connectivity index (χ1n) is 7.53. The quantitative estimate of drug-likeness (QED) is 0.800. The molecule has 5 nitrogen and oxygen atoms in total. The van der Waals surface area contributed by atoms with Crippen LogP contribution in [-0.4, -0.2) is 37.7 Å². The van der Waals surface area contributed by atoms with E-state index in [1.165, 1.54) is 12.0 Å². The Morgan fingerprint density at radius 1 is 1.23 bits per heavy atom. The highest BCUT2D eigenvalue weighted by atomic mass is 35.5. The van der Waals surface area contributed by atoms with Crippen molar-refractivity contribution in [2.24, 2.45) is 0 Å². The third-order valence-corrected chi connectivity index (χ3v) is 5.28. The maximum Gasteiger partial charge on any atom is 0.170 e. The van der Waals surface area contributed by atoms with E-state index in [0.29, 0.717) is 17.0 Å². The zero-order valence-corrected chi connectivity index (χ0v) is 13.7. The van der Waals surface area contributed by atoms with Gasteiger partial charge >= 0.3 is 0 Å². The molecule has 0 radical (unpaired) electrons. The first-order valence-corrected chi connectivity index (χ1v) is 7.91. The van der Waals surface area contributed by atoms with Crippen molar-refractivity contribution in [3.05, 3.63) is 39.6 Å². The molecule has 4 rings (SSSR count). The molecule has 0 aliphatic carbocycles. The number of hydrogen-bond acceptors (Lipinski definition) is 5. The Hall–Kier alpha value is -1.30. The van der Waals surface area contributed by atoms with Gasteiger partial charge in [-0.25, -0.2) is 4.98 Å². The van der Waals surface area contributed by atoms with Gasteiger partial charge in [0.25, 0.3) is 0 Å². The number of halogens is 1. The summed E-state index contributed by atoms with van der Waals surface area (Å²) in [6, 6.07) is 0.366. The minimum absolute atomic E-state index is 0.232. The molecular weight excluding hydrogens is 304 g/mol. The van der Waals surface area contributed by atoms with Crippen molar-refractivity contribution in [1.29, 1.82) is 0 Å². The van der Waals surface area contributed by atoms with E-state index in [1.54, 1.807) is 14.2 Å². The molecule has 6 heteroatoms. The Labute approximate surface area is 134 Å². The molecule has 0 N–H and O–H groups in total. The van der Waals surface area contributed by atoms with Crippen molar-refractivity contribution in [2.75, 3.05) is 27.8 Å². The topological polar surface area (TPSA) is 43.8 Å². The van der Waals surface area contributed by atoms with Crippen molar-refractivity contribution in [2.45, 2.75) is 31.1 Å².